The third-order valence-corrected chi connectivity index (χ3v) is 7.06. The number of aliphatic hydroxyl groups is 1. The number of β-amino-alcohol motifs (C(OH)–C–C–N with tert-alkyl or cyclic N) is 1. The molecule has 2 aromatic rings. The normalized spacial score (nSPS) is 20.2. The minimum atomic E-state index is -0.746. The molecule has 8 heteroatoms. The van der Waals surface area contributed by atoms with E-state index in [1.165, 1.54) is 0 Å². The summed E-state index contributed by atoms with van der Waals surface area (Å²) in [5.74, 6) is 0.600. The Kier molecular flexibility index (Phi) is 11.6. The van der Waals surface area contributed by atoms with Gasteiger partial charge in [0.15, 0.2) is 0 Å². The molecule has 2 atom stereocenters. The van der Waals surface area contributed by atoms with E-state index in [1.807, 2.05) is 55.5 Å². The molecule has 0 saturated carbocycles. The fourth-order valence-electron chi connectivity index (χ4n) is 4.86. The van der Waals surface area contributed by atoms with Crippen LogP contribution in [0.25, 0.3) is 6.08 Å². The molecule has 0 radical (unpaired) electrons. The van der Waals surface area contributed by atoms with Crippen molar-refractivity contribution >= 4 is 17.8 Å². The number of benzene rings is 2. The number of hydrogen-bond donors (Lipinski definition) is 1. The van der Waals surface area contributed by atoms with E-state index in [9.17, 15) is 14.7 Å². The number of Topliss-reactive ketones (excluding diaryl/α,β-unsaturated/α-hetero) is 1. The fourth-order valence-corrected chi connectivity index (χ4v) is 4.86. The lowest BCUT2D eigenvalue weighted by atomic mass is 10.0. The van der Waals surface area contributed by atoms with Crippen LogP contribution in [0.1, 0.15) is 66.9 Å². The molecule has 0 bridgehead atoms. The first kappa shape index (κ1) is 29.8. The topological polar surface area (TPSA) is 94.5 Å². The SMILES string of the molecule is C[C@H]1CCCC(=O)CCCC=Cc2cc(OCc3ccccc3)cc(OCC(O)CN3CCOCC3)c2C(=O)O1. The molecule has 2 aliphatic heterocycles. The smallest absolute Gasteiger partial charge is 0.342 e. The summed E-state index contributed by atoms with van der Waals surface area (Å²) in [6.45, 7) is 5.47. The Bertz CT molecular complexity index is 1130. The van der Waals surface area contributed by atoms with E-state index in [0.717, 1.165) is 25.1 Å². The molecular weight excluding hydrogens is 510 g/mol. The molecule has 0 spiro atoms. The third-order valence-electron chi connectivity index (χ3n) is 7.06. The molecule has 2 aromatic carbocycles. The number of aliphatic hydroxyl groups excluding tert-OH is 1. The fraction of sp³-hybridized carbons (Fsp3) is 0.500. The largest absolute Gasteiger partial charge is 0.490 e. The van der Waals surface area contributed by atoms with Gasteiger partial charge in [0.05, 0.1) is 19.3 Å². The number of morpholine rings is 1. The first-order valence-electron chi connectivity index (χ1n) is 14.3. The van der Waals surface area contributed by atoms with Gasteiger partial charge in [0, 0.05) is 38.5 Å². The Morgan fingerprint density at radius 2 is 1.82 bits per heavy atom. The summed E-state index contributed by atoms with van der Waals surface area (Å²) in [4.78, 5) is 27.8. The van der Waals surface area contributed by atoms with Crippen LogP contribution >= 0.6 is 0 Å². The molecule has 8 nitrogen and oxygen atoms in total. The van der Waals surface area contributed by atoms with Crippen LogP contribution < -0.4 is 9.47 Å². The summed E-state index contributed by atoms with van der Waals surface area (Å²) in [6.07, 6.45) is 6.52. The minimum Gasteiger partial charge on any atom is -0.490 e. The summed E-state index contributed by atoms with van der Waals surface area (Å²) in [5.41, 5.74) is 1.94. The van der Waals surface area contributed by atoms with Crippen molar-refractivity contribution in [1.29, 1.82) is 0 Å². The number of rotatable bonds is 8. The maximum atomic E-state index is 13.5. The zero-order valence-electron chi connectivity index (χ0n) is 23.4. The van der Waals surface area contributed by atoms with Crippen LogP contribution in [-0.4, -0.2) is 73.4 Å². The first-order chi connectivity index (χ1) is 19.5. The lowest BCUT2D eigenvalue weighted by Crippen LogP contribution is -2.42. The number of ether oxygens (including phenoxy) is 4. The van der Waals surface area contributed by atoms with Crippen molar-refractivity contribution in [3.63, 3.8) is 0 Å². The number of nitrogens with zero attached hydrogens (tertiary/aromatic N) is 1. The average Bonchev–Trinajstić information content (AvgIpc) is 2.95. The van der Waals surface area contributed by atoms with Crippen LogP contribution in [0.4, 0.5) is 0 Å². The standard InChI is InChI=1S/C32H41NO7/c1-24-9-8-14-27(34)13-7-3-6-12-26-19-29(38-22-25-10-4-2-5-11-25)20-30(31(26)32(36)40-24)39-23-28(35)21-33-15-17-37-18-16-33/h2,4-6,10-12,19-20,24,28,35H,3,7-9,13-18,21-23H2,1H3/t24-,28?/m0/s1. The second kappa shape index (κ2) is 15.6. The zero-order chi connectivity index (χ0) is 28.2. The van der Waals surface area contributed by atoms with Gasteiger partial charge in [-0.05, 0) is 49.8 Å². The summed E-state index contributed by atoms with van der Waals surface area (Å²) >= 11 is 0. The molecule has 0 amide bonds. The lowest BCUT2D eigenvalue weighted by molar-refractivity contribution is -0.119. The van der Waals surface area contributed by atoms with Gasteiger partial charge < -0.3 is 24.1 Å². The molecule has 1 unspecified atom stereocenters. The van der Waals surface area contributed by atoms with Crippen LogP contribution in [0, 0.1) is 0 Å². The number of hydrogen-bond acceptors (Lipinski definition) is 8. The number of carbonyl (C=O) groups is 2. The number of cyclic esters (lactones) is 1. The molecule has 0 aromatic heterocycles. The van der Waals surface area contributed by atoms with Gasteiger partial charge in [-0.1, -0.05) is 42.5 Å². The van der Waals surface area contributed by atoms with Crippen molar-refractivity contribution in [3.05, 3.63) is 65.2 Å². The van der Waals surface area contributed by atoms with Crippen LogP contribution in [0.2, 0.25) is 0 Å². The van der Waals surface area contributed by atoms with E-state index in [2.05, 4.69) is 4.90 Å². The molecule has 4 rings (SSSR count). The van der Waals surface area contributed by atoms with Gasteiger partial charge in [0.25, 0.3) is 0 Å². The summed E-state index contributed by atoms with van der Waals surface area (Å²) in [5, 5.41) is 10.7. The number of ketones is 1. The van der Waals surface area contributed by atoms with E-state index >= 15 is 0 Å². The van der Waals surface area contributed by atoms with E-state index in [0.29, 0.717) is 81.1 Å². The zero-order valence-corrected chi connectivity index (χ0v) is 23.4. The van der Waals surface area contributed by atoms with Gasteiger partial charge in [-0.15, -0.1) is 0 Å². The Morgan fingerprint density at radius 3 is 2.62 bits per heavy atom. The predicted molar refractivity (Wildman–Crippen MR) is 153 cm³/mol. The van der Waals surface area contributed by atoms with Crippen molar-refractivity contribution in [1.82, 2.24) is 4.90 Å². The summed E-state index contributed by atoms with van der Waals surface area (Å²) < 4.78 is 23.4. The Hall–Kier alpha value is -3.20. The van der Waals surface area contributed by atoms with E-state index < -0.39 is 12.1 Å². The Morgan fingerprint density at radius 1 is 1.05 bits per heavy atom. The van der Waals surface area contributed by atoms with E-state index in [-0.39, 0.29) is 18.5 Å². The van der Waals surface area contributed by atoms with Crippen LogP contribution in [0.15, 0.2) is 48.5 Å². The van der Waals surface area contributed by atoms with Crippen molar-refractivity contribution in [2.24, 2.45) is 0 Å². The average molecular weight is 552 g/mol. The molecule has 40 heavy (non-hydrogen) atoms. The van der Waals surface area contributed by atoms with Gasteiger partial charge in [0.1, 0.15) is 42.2 Å². The van der Waals surface area contributed by atoms with E-state index in [4.69, 9.17) is 18.9 Å². The second-order valence-corrected chi connectivity index (χ2v) is 10.5. The van der Waals surface area contributed by atoms with Crippen LogP contribution in [0.3, 0.4) is 0 Å². The van der Waals surface area contributed by atoms with Gasteiger partial charge in [0.2, 0.25) is 0 Å². The Balaban J connectivity index is 1.60. The van der Waals surface area contributed by atoms with E-state index in [1.54, 1.807) is 6.07 Å². The molecule has 1 N–H and O–H groups in total. The van der Waals surface area contributed by atoms with Crippen molar-refractivity contribution in [3.8, 4) is 11.5 Å². The second-order valence-electron chi connectivity index (χ2n) is 10.5. The minimum absolute atomic E-state index is 0.0145. The van der Waals surface area contributed by atoms with Crippen molar-refractivity contribution in [2.45, 2.75) is 64.3 Å². The van der Waals surface area contributed by atoms with Gasteiger partial charge in [-0.2, -0.15) is 0 Å². The van der Waals surface area contributed by atoms with Crippen LogP contribution in [0.5, 0.6) is 11.5 Å². The highest BCUT2D eigenvalue weighted by atomic mass is 16.5. The Labute approximate surface area is 236 Å². The molecule has 216 valence electrons. The van der Waals surface area contributed by atoms with Gasteiger partial charge in [-0.3, -0.25) is 9.69 Å². The molecule has 1 saturated heterocycles. The van der Waals surface area contributed by atoms with Crippen LogP contribution in [-0.2, 0) is 20.9 Å². The molecule has 2 heterocycles. The third kappa shape index (κ3) is 9.47. The van der Waals surface area contributed by atoms with Crippen molar-refractivity contribution in [2.75, 3.05) is 39.5 Å². The quantitative estimate of drug-likeness (QED) is 0.467. The first-order valence-corrected chi connectivity index (χ1v) is 14.3. The van der Waals surface area contributed by atoms with Gasteiger partial charge >= 0.3 is 5.97 Å². The maximum Gasteiger partial charge on any atom is 0.342 e. The monoisotopic (exact) mass is 551 g/mol. The highest BCUT2D eigenvalue weighted by Crippen LogP contribution is 2.32. The highest BCUT2D eigenvalue weighted by molar-refractivity contribution is 5.97. The number of esters is 1. The highest BCUT2D eigenvalue weighted by Gasteiger charge is 2.24. The number of allylic oxidation sites excluding steroid dienone is 1. The summed E-state index contributed by atoms with van der Waals surface area (Å²) in [7, 11) is 0. The molecular formula is C32H41NO7. The maximum absolute atomic E-state index is 13.5. The van der Waals surface area contributed by atoms with Crippen molar-refractivity contribution < 1.29 is 33.6 Å². The molecule has 2 aliphatic rings. The molecule has 1 fully saturated rings. The molecule has 0 aliphatic carbocycles. The summed E-state index contributed by atoms with van der Waals surface area (Å²) in [6, 6.07) is 13.3. The predicted octanol–water partition coefficient (Wildman–Crippen LogP) is 4.82. The lowest BCUT2D eigenvalue weighted by Gasteiger charge is -2.28. The number of carbonyl (C=O) groups excluding carboxylic acids is 2. The van der Waals surface area contributed by atoms with Gasteiger partial charge in [-0.25, -0.2) is 4.79 Å². The number of fused-ring (bicyclic) bond motifs is 1.